The third-order valence-corrected chi connectivity index (χ3v) is 4.51. The highest BCUT2D eigenvalue weighted by Crippen LogP contribution is 2.12. The van der Waals surface area contributed by atoms with Crippen molar-refractivity contribution in [3.8, 4) is 0 Å². The summed E-state index contributed by atoms with van der Waals surface area (Å²) in [6, 6.07) is 0. The molecule has 0 fully saturated rings. The standard InChI is InChI=1S/C22H46N2O/c1-5-6-7-8-9-10-11-12-13-14-15-16-17-18-19-23-20-21(25)24-22(2,3)4/h23H,5-20H2,1-4H3,(H,24,25). The van der Waals surface area contributed by atoms with E-state index in [1.54, 1.807) is 0 Å². The van der Waals surface area contributed by atoms with E-state index in [1.165, 1.54) is 89.9 Å². The van der Waals surface area contributed by atoms with E-state index < -0.39 is 0 Å². The van der Waals surface area contributed by atoms with Crippen molar-refractivity contribution in [2.45, 2.75) is 123 Å². The minimum Gasteiger partial charge on any atom is -0.350 e. The molecule has 0 aliphatic rings. The molecular formula is C22H46N2O. The molecule has 0 spiro atoms. The highest BCUT2D eigenvalue weighted by Gasteiger charge is 2.12. The topological polar surface area (TPSA) is 41.1 Å². The second-order valence-electron chi connectivity index (χ2n) is 8.57. The van der Waals surface area contributed by atoms with Gasteiger partial charge in [-0.05, 0) is 33.7 Å². The average molecular weight is 355 g/mol. The Balaban J connectivity index is 3.13. The Bertz CT molecular complexity index is 297. The number of carbonyl (C=O) groups is 1. The normalized spacial score (nSPS) is 11.7. The van der Waals surface area contributed by atoms with Gasteiger partial charge < -0.3 is 10.6 Å². The molecule has 2 N–H and O–H groups in total. The fraction of sp³-hybridized carbons (Fsp3) is 0.955. The molecule has 0 radical (unpaired) electrons. The van der Waals surface area contributed by atoms with E-state index in [4.69, 9.17) is 0 Å². The summed E-state index contributed by atoms with van der Waals surface area (Å²) in [5, 5.41) is 6.21. The third-order valence-electron chi connectivity index (χ3n) is 4.51. The van der Waals surface area contributed by atoms with Crippen LogP contribution in [0.4, 0.5) is 0 Å². The summed E-state index contributed by atoms with van der Waals surface area (Å²) in [5.74, 6) is 0.0952. The zero-order chi connectivity index (χ0) is 18.8. The number of nitrogens with one attached hydrogen (secondary N) is 2. The summed E-state index contributed by atoms with van der Waals surface area (Å²) in [7, 11) is 0. The van der Waals surface area contributed by atoms with Gasteiger partial charge in [-0.25, -0.2) is 0 Å². The van der Waals surface area contributed by atoms with Crippen molar-refractivity contribution in [2.75, 3.05) is 13.1 Å². The zero-order valence-electron chi connectivity index (χ0n) is 17.7. The van der Waals surface area contributed by atoms with Crippen molar-refractivity contribution in [1.29, 1.82) is 0 Å². The van der Waals surface area contributed by atoms with Gasteiger partial charge in [0.15, 0.2) is 0 Å². The third kappa shape index (κ3) is 21.4. The van der Waals surface area contributed by atoms with Gasteiger partial charge in [-0.15, -0.1) is 0 Å². The van der Waals surface area contributed by atoms with E-state index in [9.17, 15) is 4.79 Å². The quantitative estimate of drug-likeness (QED) is 0.316. The van der Waals surface area contributed by atoms with Gasteiger partial charge >= 0.3 is 0 Å². The average Bonchev–Trinajstić information content (AvgIpc) is 2.53. The van der Waals surface area contributed by atoms with Gasteiger partial charge in [0.1, 0.15) is 0 Å². The SMILES string of the molecule is CCCCCCCCCCCCCCCCNCC(=O)NC(C)(C)C. The van der Waals surface area contributed by atoms with Crippen LogP contribution in [0.1, 0.15) is 118 Å². The van der Waals surface area contributed by atoms with Gasteiger partial charge in [0.2, 0.25) is 5.91 Å². The van der Waals surface area contributed by atoms with Crippen LogP contribution in [0.2, 0.25) is 0 Å². The summed E-state index contributed by atoms with van der Waals surface area (Å²) < 4.78 is 0. The first-order chi connectivity index (χ1) is 12.0. The van der Waals surface area contributed by atoms with Crippen LogP contribution in [0.5, 0.6) is 0 Å². The molecule has 0 atom stereocenters. The lowest BCUT2D eigenvalue weighted by Crippen LogP contribution is -2.44. The molecule has 0 bridgehead atoms. The Kier molecular flexibility index (Phi) is 16.5. The molecule has 0 heterocycles. The minimum atomic E-state index is -0.131. The number of rotatable bonds is 17. The smallest absolute Gasteiger partial charge is 0.234 e. The number of hydrogen-bond acceptors (Lipinski definition) is 2. The first-order valence-corrected chi connectivity index (χ1v) is 11.0. The molecular weight excluding hydrogens is 308 g/mol. The maximum atomic E-state index is 11.6. The Hall–Kier alpha value is -0.570. The van der Waals surface area contributed by atoms with Crippen LogP contribution in [0.15, 0.2) is 0 Å². The number of unbranched alkanes of at least 4 members (excludes halogenated alkanes) is 13. The molecule has 3 nitrogen and oxygen atoms in total. The number of carbonyl (C=O) groups excluding carboxylic acids is 1. The first-order valence-electron chi connectivity index (χ1n) is 11.0. The molecule has 25 heavy (non-hydrogen) atoms. The van der Waals surface area contributed by atoms with Crippen molar-refractivity contribution in [2.24, 2.45) is 0 Å². The molecule has 0 saturated heterocycles. The van der Waals surface area contributed by atoms with Crippen molar-refractivity contribution in [3.63, 3.8) is 0 Å². The lowest BCUT2D eigenvalue weighted by atomic mass is 10.0. The van der Waals surface area contributed by atoms with E-state index in [1.807, 2.05) is 20.8 Å². The molecule has 0 aromatic heterocycles. The van der Waals surface area contributed by atoms with Gasteiger partial charge in [-0.1, -0.05) is 90.4 Å². The first kappa shape index (κ1) is 24.4. The Morgan fingerprint density at radius 3 is 1.48 bits per heavy atom. The van der Waals surface area contributed by atoms with Crippen LogP contribution in [0.25, 0.3) is 0 Å². The molecule has 0 rings (SSSR count). The second-order valence-corrected chi connectivity index (χ2v) is 8.57. The van der Waals surface area contributed by atoms with Crippen LogP contribution in [-0.2, 0) is 4.79 Å². The maximum Gasteiger partial charge on any atom is 0.234 e. The van der Waals surface area contributed by atoms with Crippen LogP contribution in [-0.4, -0.2) is 24.5 Å². The number of hydrogen-bond donors (Lipinski definition) is 2. The predicted octanol–water partition coefficient (Wildman–Crippen LogP) is 5.97. The summed E-state index contributed by atoms with van der Waals surface area (Å²) in [6.07, 6.45) is 19.4. The van der Waals surface area contributed by atoms with Gasteiger partial charge in [0.25, 0.3) is 0 Å². The lowest BCUT2D eigenvalue weighted by molar-refractivity contribution is -0.121. The fourth-order valence-electron chi connectivity index (χ4n) is 3.11. The molecule has 0 aromatic carbocycles. The molecule has 150 valence electrons. The van der Waals surface area contributed by atoms with Crippen molar-refractivity contribution < 1.29 is 4.79 Å². The lowest BCUT2D eigenvalue weighted by Gasteiger charge is -2.20. The molecule has 0 aromatic rings. The monoisotopic (exact) mass is 354 g/mol. The second kappa shape index (κ2) is 16.9. The van der Waals surface area contributed by atoms with Crippen molar-refractivity contribution in [3.05, 3.63) is 0 Å². The molecule has 1 amide bonds. The molecule has 0 saturated carbocycles. The van der Waals surface area contributed by atoms with Crippen LogP contribution >= 0.6 is 0 Å². The van der Waals surface area contributed by atoms with E-state index in [0.717, 1.165) is 6.54 Å². The predicted molar refractivity (Wildman–Crippen MR) is 111 cm³/mol. The maximum absolute atomic E-state index is 11.6. The van der Waals surface area contributed by atoms with Crippen LogP contribution in [0, 0.1) is 0 Å². The van der Waals surface area contributed by atoms with Gasteiger partial charge in [-0.3, -0.25) is 4.79 Å². The molecule has 3 heteroatoms. The van der Waals surface area contributed by atoms with Gasteiger partial charge in [0.05, 0.1) is 6.54 Å². The summed E-state index contributed by atoms with van der Waals surface area (Å²) in [5.41, 5.74) is -0.131. The zero-order valence-corrected chi connectivity index (χ0v) is 17.7. The number of amides is 1. The molecule has 0 unspecified atom stereocenters. The van der Waals surface area contributed by atoms with E-state index in [-0.39, 0.29) is 11.4 Å². The van der Waals surface area contributed by atoms with E-state index in [2.05, 4.69) is 17.6 Å². The molecule has 0 aliphatic carbocycles. The highest BCUT2D eigenvalue weighted by atomic mass is 16.2. The summed E-state index contributed by atoms with van der Waals surface area (Å²) in [6.45, 7) is 9.71. The van der Waals surface area contributed by atoms with E-state index in [0.29, 0.717) is 6.54 Å². The Labute approximate surface area is 158 Å². The van der Waals surface area contributed by atoms with Crippen LogP contribution < -0.4 is 10.6 Å². The largest absolute Gasteiger partial charge is 0.350 e. The van der Waals surface area contributed by atoms with Crippen LogP contribution in [0.3, 0.4) is 0 Å². The highest BCUT2D eigenvalue weighted by molar-refractivity contribution is 5.78. The van der Waals surface area contributed by atoms with Crippen molar-refractivity contribution >= 4 is 5.91 Å². The molecule has 0 aliphatic heterocycles. The van der Waals surface area contributed by atoms with Gasteiger partial charge in [0, 0.05) is 5.54 Å². The summed E-state index contributed by atoms with van der Waals surface area (Å²) in [4.78, 5) is 11.6. The van der Waals surface area contributed by atoms with Gasteiger partial charge in [-0.2, -0.15) is 0 Å². The summed E-state index contributed by atoms with van der Waals surface area (Å²) >= 11 is 0. The fourth-order valence-corrected chi connectivity index (χ4v) is 3.11. The minimum absolute atomic E-state index is 0.0952. The van der Waals surface area contributed by atoms with E-state index >= 15 is 0 Å². The Morgan fingerprint density at radius 1 is 0.680 bits per heavy atom. The Morgan fingerprint density at radius 2 is 1.08 bits per heavy atom. The van der Waals surface area contributed by atoms with Crippen molar-refractivity contribution in [1.82, 2.24) is 10.6 Å².